The van der Waals surface area contributed by atoms with Crippen molar-refractivity contribution in [2.75, 3.05) is 0 Å². The summed E-state index contributed by atoms with van der Waals surface area (Å²) in [5.41, 5.74) is 0.895. The molecule has 27 heavy (non-hydrogen) atoms. The van der Waals surface area contributed by atoms with E-state index in [1.54, 1.807) is 0 Å². The van der Waals surface area contributed by atoms with Crippen LogP contribution < -0.4 is 15.6 Å². The maximum absolute atomic E-state index is 13.6. The predicted octanol–water partition coefficient (Wildman–Crippen LogP) is 2.08. The van der Waals surface area contributed by atoms with Crippen molar-refractivity contribution in [3.05, 3.63) is 63.0 Å². The zero-order chi connectivity index (χ0) is 18.9. The molecule has 0 radical (unpaired) electrons. The molecular weight excluding hydrogens is 365 g/mol. The third-order valence-electron chi connectivity index (χ3n) is 4.99. The van der Waals surface area contributed by atoms with Crippen molar-refractivity contribution in [1.29, 1.82) is 0 Å². The first-order chi connectivity index (χ1) is 12.9. The van der Waals surface area contributed by atoms with Crippen molar-refractivity contribution in [3.63, 3.8) is 0 Å². The van der Waals surface area contributed by atoms with Gasteiger partial charge >= 0.3 is 6.61 Å². The van der Waals surface area contributed by atoms with E-state index in [0.29, 0.717) is 23.2 Å². The van der Waals surface area contributed by atoms with E-state index in [9.17, 15) is 22.8 Å². The molecular formula is C17H11F3N4O3. The molecule has 3 heterocycles. The van der Waals surface area contributed by atoms with Gasteiger partial charge in [0, 0.05) is 22.6 Å². The Labute approximate surface area is 148 Å². The number of hydrogen-bond donors (Lipinski definition) is 2. The van der Waals surface area contributed by atoms with Crippen molar-refractivity contribution < 1.29 is 22.7 Å². The second kappa shape index (κ2) is 5.35. The van der Waals surface area contributed by atoms with E-state index in [4.69, 9.17) is 0 Å². The van der Waals surface area contributed by atoms with Gasteiger partial charge in [0.15, 0.2) is 0 Å². The van der Waals surface area contributed by atoms with Gasteiger partial charge in [-0.05, 0) is 18.6 Å². The number of carbonyl (C=O) groups excluding carboxylic acids is 1. The van der Waals surface area contributed by atoms with Crippen LogP contribution in [0.15, 0.2) is 29.2 Å². The summed E-state index contributed by atoms with van der Waals surface area (Å²) in [5.74, 6) is -2.06. The zero-order valence-corrected chi connectivity index (χ0v) is 13.5. The number of hydrogen-bond acceptors (Lipinski definition) is 4. The normalized spacial score (nSPS) is 20.4. The molecule has 7 nitrogen and oxygen atoms in total. The number of aromatic amines is 1. The monoisotopic (exact) mass is 376 g/mol. The number of halogens is 3. The van der Waals surface area contributed by atoms with Crippen LogP contribution in [0.5, 0.6) is 5.75 Å². The lowest BCUT2D eigenvalue weighted by Gasteiger charge is -2.18. The fourth-order valence-electron chi connectivity index (χ4n) is 4.01. The first-order valence-corrected chi connectivity index (χ1v) is 8.13. The van der Waals surface area contributed by atoms with Gasteiger partial charge in [0.25, 0.3) is 11.5 Å². The fraction of sp³-hybridized carbons (Fsp3) is 0.235. The molecule has 5 rings (SSSR count). The minimum atomic E-state index is -3.06. The third kappa shape index (κ3) is 2.19. The highest BCUT2D eigenvalue weighted by Gasteiger charge is 2.43. The Morgan fingerprint density at radius 1 is 1.26 bits per heavy atom. The number of fused-ring (bicyclic) bond motifs is 9. The predicted molar refractivity (Wildman–Crippen MR) is 85.5 cm³/mol. The second-order valence-electron chi connectivity index (χ2n) is 6.43. The van der Waals surface area contributed by atoms with Gasteiger partial charge in [-0.1, -0.05) is 6.07 Å². The summed E-state index contributed by atoms with van der Waals surface area (Å²) in [5, 5.41) is 7.09. The van der Waals surface area contributed by atoms with Crippen LogP contribution in [0.25, 0.3) is 5.65 Å². The molecule has 1 aliphatic carbocycles. The lowest BCUT2D eigenvalue weighted by Crippen LogP contribution is -2.27. The fourth-order valence-corrected chi connectivity index (χ4v) is 4.01. The molecule has 1 aromatic carbocycles. The summed E-state index contributed by atoms with van der Waals surface area (Å²) in [6.45, 7) is -3.06. The Hall–Kier alpha value is -3.30. The summed E-state index contributed by atoms with van der Waals surface area (Å²) in [6.07, 6.45) is 1.32. The summed E-state index contributed by atoms with van der Waals surface area (Å²) in [7, 11) is 0. The Kier molecular flexibility index (Phi) is 3.15. The standard InChI is InChI=1S/C17H11F3N4O3/c18-8-5-24-14(22-16(8)26)12-7-4-9(13(12)23-24)21-15(25)6-2-1-3-10(11(6)7)27-17(19)20/h1-3,5,7,9,17H,4H2,(H,21,25)(H,22,26)/t7-,9-/m1/s1. The highest BCUT2D eigenvalue weighted by atomic mass is 19.3. The van der Waals surface area contributed by atoms with Gasteiger partial charge in [0.05, 0.1) is 17.9 Å². The van der Waals surface area contributed by atoms with Crippen molar-refractivity contribution >= 4 is 11.6 Å². The number of rotatable bonds is 2. The Balaban J connectivity index is 1.81. The molecule has 1 amide bonds. The number of nitrogens with one attached hydrogen (secondary N) is 2. The summed E-state index contributed by atoms with van der Waals surface area (Å²) in [4.78, 5) is 26.7. The highest BCUT2D eigenvalue weighted by molar-refractivity contribution is 5.98. The molecule has 0 fully saturated rings. The van der Waals surface area contributed by atoms with E-state index in [2.05, 4.69) is 20.1 Å². The molecule has 2 aromatic heterocycles. The smallest absolute Gasteiger partial charge is 0.387 e. The first kappa shape index (κ1) is 15.9. The molecule has 2 bridgehead atoms. The van der Waals surface area contributed by atoms with E-state index in [0.717, 1.165) is 6.20 Å². The van der Waals surface area contributed by atoms with Crippen LogP contribution in [-0.4, -0.2) is 27.1 Å². The van der Waals surface area contributed by atoms with Gasteiger partial charge < -0.3 is 15.0 Å². The van der Waals surface area contributed by atoms with Gasteiger partial charge in [0.1, 0.15) is 11.4 Å². The maximum atomic E-state index is 13.6. The Morgan fingerprint density at radius 2 is 2.07 bits per heavy atom. The van der Waals surface area contributed by atoms with Crippen molar-refractivity contribution in [1.82, 2.24) is 19.9 Å². The maximum Gasteiger partial charge on any atom is 0.387 e. The van der Waals surface area contributed by atoms with Crippen LogP contribution in [0.2, 0.25) is 0 Å². The van der Waals surface area contributed by atoms with E-state index in [-0.39, 0.29) is 17.0 Å². The molecule has 2 N–H and O–H groups in total. The lowest BCUT2D eigenvalue weighted by molar-refractivity contribution is -0.0505. The van der Waals surface area contributed by atoms with Gasteiger partial charge in [-0.2, -0.15) is 18.3 Å². The van der Waals surface area contributed by atoms with Crippen molar-refractivity contribution in [2.24, 2.45) is 0 Å². The molecule has 0 saturated heterocycles. The minimum absolute atomic E-state index is 0.111. The van der Waals surface area contributed by atoms with E-state index in [1.165, 1.54) is 22.7 Å². The van der Waals surface area contributed by atoms with Crippen LogP contribution in [0.1, 0.15) is 45.6 Å². The summed E-state index contributed by atoms with van der Waals surface area (Å²) >= 11 is 0. The average Bonchev–Trinajstić information content (AvgIpc) is 3.07. The molecule has 1 aliphatic heterocycles. The molecule has 0 unspecified atom stereocenters. The van der Waals surface area contributed by atoms with Gasteiger partial charge in [-0.3, -0.25) is 9.59 Å². The molecule has 10 heteroatoms. The number of ether oxygens (including phenoxy) is 1. The Morgan fingerprint density at radius 3 is 2.85 bits per heavy atom. The number of H-pyrrole nitrogens is 1. The van der Waals surface area contributed by atoms with Crippen molar-refractivity contribution in [3.8, 4) is 5.75 Å². The topological polar surface area (TPSA) is 88.5 Å². The van der Waals surface area contributed by atoms with Crippen LogP contribution in [-0.2, 0) is 0 Å². The molecule has 138 valence electrons. The number of nitrogens with zero attached hydrogens (tertiary/aromatic N) is 2. The number of carbonyl (C=O) groups is 1. The number of amides is 1. The van der Waals surface area contributed by atoms with Gasteiger partial charge in [-0.25, -0.2) is 4.52 Å². The quantitative estimate of drug-likeness (QED) is 0.717. The Bertz CT molecular complexity index is 1170. The van der Waals surface area contributed by atoms with Crippen molar-refractivity contribution in [2.45, 2.75) is 25.0 Å². The first-order valence-electron chi connectivity index (χ1n) is 8.13. The van der Waals surface area contributed by atoms with Crippen LogP contribution >= 0.6 is 0 Å². The average molecular weight is 376 g/mol. The number of alkyl halides is 2. The second-order valence-corrected chi connectivity index (χ2v) is 6.43. The SMILES string of the molecule is O=C1N[C@@H]2C[C@H](c3c(OC(F)F)cccc31)c1c2nn2cc(F)c(=O)[nH]c12. The third-order valence-corrected chi connectivity index (χ3v) is 4.99. The van der Waals surface area contributed by atoms with Crippen LogP contribution in [0, 0.1) is 5.82 Å². The minimum Gasteiger partial charge on any atom is -0.434 e. The molecule has 2 aliphatic rings. The largest absolute Gasteiger partial charge is 0.434 e. The van der Waals surface area contributed by atoms with E-state index in [1.807, 2.05) is 0 Å². The summed E-state index contributed by atoms with van der Waals surface area (Å²) < 4.78 is 45.2. The molecule has 3 aromatic rings. The van der Waals surface area contributed by atoms with E-state index < -0.39 is 35.9 Å². The lowest BCUT2D eigenvalue weighted by atomic mass is 9.89. The molecule has 0 spiro atoms. The van der Waals surface area contributed by atoms with Crippen LogP contribution in [0.4, 0.5) is 13.2 Å². The number of aromatic nitrogens is 3. The van der Waals surface area contributed by atoms with Gasteiger partial charge in [-0.15, -0.1) is 0 Å². The molecule has 0 saturated carbocycles. The van der Waals surface area contributed by atoms with E-state index >= 15 is 0 Å². The highest BCUT2D eigenvalue weighted by Crippen LogP contribution is 2.50. The van der Waals surface area contributed by atoms with Crippen LogP contribution in [0.3, 0.4) is 0 Å². The molecule has 2 atom stereocenters. The number of benzene rings is 1. The zero-order valence-electron chi connectivity index (χ0n) is 13.5. The van der Waals surface area contributed by atoms with Gasteiger partial charge in [0.2, 0.25) is 5.82 Å². The summed E-state index contributed by atoms with van der Waals surface area (Å²) in [6, 6.07) is 3.86.